The summed E-state index contributed by atoms with van der Waals surface area (Å²) in [7, 11) is 0. The van der Waals surface area contributed by atoms with E-state index in [0.29, 0.717) is 6.61 Å². The maximum atomic E-state index is 6.04. The van der Waals surface area contributed by atoms with Gasteiger partial charge in [0.2, 0.25) is 0 Å². The number of ether oxygens (including phenoxy) is 1. The number of pyridine rings is 1. The van der Waals surface area contributed by atoms with Gasteiger partial charge in [-0.2, -0.15) is 0 Å². The Hall–Kier alpha value is -2.61. The minimum atomic E-state index is 0.574. The Balaban J connectivity index is 2.00. The normalized spacial score (nSPS) is 12.3. The third-order valence-corrected chi connectivity index (χ3v) is 4.16. The van der Waals surface area contributed by atoms with Crippen molar-refractivity contribution in [3.63, 3.8) is 0 Å². The molecule has 0 bridgehead atoms. The number of para-hydroxylation sites is 1. The zero-order chi connectivity index (χ0) is 15.1. The minimum absolute atomic E-state index is 0.574. The van der Waals surface area contributed by atoms with E-state index in [2.05, 4.69) is 50.2 Å². The van der Waals surface area contributed by atoms with Gasteiger partial charge in [-0.3, -0.25) is 4.98 Å². The van der Waals surface area contributed by atoms with Crippen LogP contribution >= 0.6 is 0 Å². The summed E-state index contributed by atoms with van der Waals surface area (Å²) in [6.45, 7) is 4.72. The summed E-state index contributed by atoms with van der Waals surface area (Å²) in [6.07, 6.45) is 0. The van der Waals surface area contributed by atoms with Gasteiger partial charge in [0.15, 0.2) is 0 Å². The molecule has 4 rings (SSSR count). The number of aromatic nitrogens is 1. The van der Waals surface area contributed by atoms with Crippen LogP contribution in [0.2, 0.25) is 0 Å². The van der Waals surface area contributed by atoms with E-state index in [-0.39, 0.29) is 0 Å². The zero-order valence-electron chi connectivity index (χ0n) is 12.8. The van der Waals surface area contributed by atoms with E-state index in [1.54, 1.807) is 0 Å². The van der Waals surface area contributed by atoms with E-state index in [0.717, 1.165) is 22.7 Å². The molecule has 0 saturated heterocycles. The number of benzene rings is 2. The molecule has 22 heavy (non-hydrogen) atoms. The molecule has 2 nitrogen and oxygen atoms in total. The molecular weight excluding hydrogens is 270 g/mol. The van der Waals surface area contributed by atoms with Crippen LogP contribution in [-0.4, -0.2) is 4.98 Å². The first-order chi connectivity index (χ1) is 10.7. The van der Waals surface area contributed by atoms with Crippen LogP contribution in [0.25, 0.3) is 22.4 Å². The summed E-state index contributed by atoms with van der Waals surface area (Å²) in [4.78, 5) is 4.77. The number of hydrogen-bond donors (Lipinski definition) is 0. The van der Waals surface area contributed by atoms with Gasteiger partial charge in [0.05, 0.1) is 5.69 Å². The maximum Gasteiger partial charge on any atom is 0.130 e. The van der Waals surface area contributed by atoms with Crippen molar-refractivity contribution in [3.8, 4) is 28.1 Å². The van der Waals surface area contributed by atoms with Crippen molar-refractivity contribution in [3.05, 3.63) is 71.4 Å². The lowest BCUT2D eigenvalue weighted by Gasteiger charge is -2.24. The third-order valence-electron chi connectivity index (χ3n) is 4.16. The average molecular weight is 287 g/mol. The van der Waals surface area contributed by atoms with E-state index < -0.39 is 0 Å². The molecule has 2 heteroatoms. The highest BCUT2D eigenvalue weighted by Crippen LogP contribution is 2.42. The van der Waals surface area contributed by atoms with Gasteiger partial charge in [-0.1, -0.05) is 48.5 Å². The van der Waals surface area contributed by atoms with Crippen LogP contribution < -0.4 is 4.74 Å². The van der Waals surface area contributed by atoms with Gasteiger partial charge in [0.1, 0.15) is 12.4 Å². The predicted octanol–water partition coefficient (Wildman–Crippen LogP) is 4.92. The number of fused-ring (bicyclic) bond motifs is 3. The van der Waals surface area contributed by atoms with E-state index >= 15 is 0 Å². The first-order valence-electron chi connectivity index (χ1n) is 7.53. The first-order valence-corrected chi connectivity index (χ1v) is 7.53. The molecule has 108 valence electrons. The number of aryl methyl sites for hydroxylation is 2. The molecule has 0 amide bonds. The molecule has 0 radical (unpaired) electrons. The lowest BCUT2D eigenvalue weighted by atomic mass is 9.92. The van der Waals surface area contributed by atoms with Gasteiger partial charge in [-0.15, -0.1) is 0 Å². The molecule has 1 aliphatic rings. The SMILES string of the molecule is Cc1cc2c(c(-c3ccccc3)n1)COc1c(C)cccc1-2. The lowest BCUT2D eigenvalue weighted by molar-refractivity contribution is 0.300. The Bertz CT molecular complexity index is 853. The summed E-state index contributed by atoms with van der Waals surface area (Å²) in [5, 5.41) is 0. The van der Waals surface area contributed by atoms with Gasteiger partial charge < -0.3 is 4.74 Å². The molecule has 0 atom stereocenters. The summed E-state index contributed by atoms with van der Waals surface area (Å²) in [6, 6.07) is 18.8. The Kier molecular flexibility index (Phi) is 2.97. The quantitative estimate of drug-likeness (QED) is 0.633. The van der Waals surface area contributed by atoms with Crippen molar-refractivity contribution < 1.29 is 4.74 Å². The topological polar surface area (TPSA) is 22.1 Å². The molecule has 1 aromatic heterocycles. The Morgan fingerprint density at radius 1 is 0.909 bits per heavy atom. The zero-order valence-corrected chi connectivity index (χ0v) is 12.8. The fourth-order valence-corrected chi connectivity index (χ4v) is 3.12. The second kappa shape index (κ2) is 4.99. The molecule has 0 unspecified atom stereocenters. The lowest BCUT2D eigenvalue weighted by Crippen LogP contribution is -2.10. The van der Waals surface area contributed by atoms with E-state index in [4.69, 9.17) is 9.72 Å². The van der Waals surface area contributed by atoms with Crippen LogP contribution in [0.5, 0.6) is 5.75 Å². The smallest absolute Gasteiger partial charge is 0.130 e. The average Bonchev–Trinajstić information content (AvgIpc) is 2.55. The van der Waals surface area contributed by atoms with Crippen molar-refractivity contribution in [2.24, 2.45) is 0 Å². The van der Waals surface area contributed by atoms with Gasteiger partial charge in [0, 0.05) is 22.4 Å². The Morgan fingerprint density at radius 2 is 1.73 bits per heavy atom. The second-order valence-electron chi connectivity index (χ2n) is 5.74. The van der Waals surface area contributed by atoms with E-state index in [1.807, 2.05) is 18.2 Å². The standard InChI is InChI=1S/C20H17NO/c1-13-7-6-10-16-17-11-14(2)21-19(15-8-4-3-5-9-15)18(17)12-22-20(13)16/h3-11H,12H2,1-2H3. The summed E-state index contributed by atoms with van der Waals surface area (Å²) in [5.41, 5.74) is 7.98. The highest BCUT2D eigenvalue weighted by Gasteiger charge is 2.23. The molecule has 0 N–H and O–H groups in total. The molecule has 3 aromatic rings. The van der Waals surface area contributed by atoms with Crippen molar-refractivity contribution >= 4 is 0 Å². The molecule has 2 aromatic carbocycles. The van der Waals surface area contributed by atoms with E-state index in [1.165, 1.54) is 22.3 Å². The van der Waals surface area contributed by atoms with Crippen molar-refractivity contribution in [1.29, 1.82) is 0 Å². The summed E-state index contributed by atoms with van der Waals surface area (Å²) < 4.78 is 6.04. The largest absolute Gasteiger partial charge is 0.488 e. The van der Waals surface area contributed by atoms with E-state index in [9.17, 15) is 0 Å². The van der Waals surface area contributed by atoms with Gasteiger partial charge in [0.25, 0.3) is 0 Å². The molecule has 0 aliphatic carbocycles. The molecule has 0 saturated carbocycles. The molecular formula is C20H17NO. The number of rotatable bonds is 1. The monoisotopic (exact) mass is 287 g/mol. The van der Waals surface area contributed by atoms with Crippen LogP contribution in [-0.2, 0) is 6.61 Å². The summed E-state index contributed by atoms with van der Waals surface area (Å²) in [5.74, 6) is 1.000. The van der Waals surface area contributed by atoms with Gasteiger partial charge in [-0.05, 0) is 31.0 Å². The van der Waals surface area contributed by atoms with Crippen molar-refractivity contribution in [2.45, 2.75) is 20.5 Å². The third kappa shape index (κ3) is 2.00. The van der Waals surface area contributed by atoms with Crippen molar-refractivity contribution in [1.82, 2.24) is 4.98 Å². The summed E-state index contributed by atoms with van der Waals surface area (Å²) >= 11 is 0. The highest BCUT2D eigenvalue weighted by molar-refractivity contribution is 5.82. The fourth-order valence-electron chi connectivity index (χ4n) is 3.12. The number of nitrogens with zero attached hydrogens (tertiary/aromatic N) is 1. The maximum absolute atomic E-state index is 6.04. The van der Waals surface area contributed by atoms with Gasteiger partial charge >= 0.3 is 0 Å². The van der Waals surface area contributed by atoms with Gasteiger partial charge in [-0.25, -0.2) is 0 Å². The predicted molar refractivity (Wildman–Crippen MR) is 88.9 cm³/mol. The first kappa shape index (κ1) is 13.1. The van der Waals surface area contributed by atoms with Crippen LogP contribution in [0.4, 0.5) is 0 Å². The molecule has 2 heterocycles. The highest BCUT2D eigenvalue weighted by atomic mass is 16.5. The molecule has 0 fully saturated rings. The number of hydrogen-bond acceptors (Lipinski definition) is 2. The molecule has 1 aliphatic heterocycles. The van der Waals surface area contributed by atoms with Crippen LogP contribution in [0.3, 0.4) is 0 Å². The molecule has 0 spiro atoms. The Labute approximate surface area is 130 Å². The minimum Gasteiger partial charge on any atom is -0.488 e. The van der Waals surface area contributed by atoms with Crippen LogP contribution in [0.15, 0.2) is 54.6 Å². The Morgan fingerprint density at radius 3 is 2.55 bits per heavy atom. The van der Waals surface area contributed by atoms with Crippen LogP contribution in [0, 0.1) is 13.8 Å². The van der Waals surface area contributed by atoms with Crippen LogP contribution in [0.1, 0.15) is 16.8 Å². The van der Waals surface area contributed by atoms with Crippen molar-refractivity contribution in [2.75, 3.05) is 0 Å². The second-order valence-corrected chi connectivity index (χ2v) is 5.74. The fraction of sp³-hybridized carbons (Fsp3) is 0.150.